The van der Waals surface area contributed by atoms with Crippen molar-refractivity contribution in [2.75, 3.05) is 33.8 Å². The summed E-state index contributed by atoms with van der Waals surface area (Å²) in [6.45, 7) is 8.48. The van der Waals surface area contributed by atoms with E-state index in [9.17, 15) is 0 Å². The Kier molecular flexibility index (Phi) is 9.60. The Labute approximate surface area is 141 Å². The molecule has 0 aliphatic carbocycles. The number of nitrogens with zero attached hydrogens (tertiary/aromatic N) is 2. The molecule has 0 amide bonds. The van der Waals surface area contributed by atoms with Gasteiger partial charge in [-0.2, -0.15) is 0 Å². The molecule has 0 heterocycles. The maximum Gasteiger partial charge on any atom is 0.193 e. The fraction of sp³-hybridized carbons (Fsp3) is 0.526. The van der Waals surface area contributed by atoms with Crippen molar-refractivity contribution in [3.63, 3.8) is 0 Å². The monoisotopic (exact) mass is 317 g/mol. The first kappa shape index (κ1) is 19.1. The summed E-state index contributed by atoms with van der Waals surface area (Å²) in [5.74, 6) is 1.90. The van der Waals surface area contributed by atoms with Gasteiger partial charge in [0.15, 0.2) is 5.96 Å². The maximum absolute atomic E-state index is 5.73. The molecule has 0 aromatic heterocycles. The number of rotatable bonds is 10. The van der Waals surface area contributed by atoms with Crippen LogP contribution in [0.25, 0.3) is 0 Å². The highest BCUT2D eigenvalue weighted by atomic mass is 16.5. The maximum atomic E-state index is 5.73. The first-order valence-electron chi connectivity index (χ1n) is 8.39. The molecule has 0 saturated heterocycles. The van der Waals surface area contributed by atoms with Gasteiger partial charge in [0.1, 0.15) is 5.75 Å². The van der Waals surface area contributed by atoms with Gasteiger partial charge in [0, 0.05) is 27.2 Å². The van der Waals surface area contributed by atoms with Gasteiger partial charge in [0.25, 0.3) is 0 Å². The Balaban J connectivity index is 2.12. The number of hydrogen-bond donors (Lipinski definition) is 1. The van der Waals surface area contributed by atoms with Gasteiger partial charge in [-0.3, -0.25) is 4.99 Å². The van der Waals surface area contributed by atoms with Gasteiger partial charge in [-0.15, -0.1) is 6.58 Å². The number of benzene rings is 1. The number of guanidine groups is 1. The summed E-state index contributed by atoms with van der Waals surface area (Å²) >= 11 is 0. The molecule has 0 spiro atoms. The lowest BCUT2D eigenvalue weighted by Crippen LogP contribution is -2.39. The van der Waals surface area contributed by atoms with Crippen molar-refractivity contribution in [3.8, 4) is 5.75 Å². The number of aliphatic imine (C=N–C) groups is 1. The summed E-state index contributed by atoms with van der Waals surface area (Å²) in [6, 6.07) is 8.19. The van der Waals surface area contributed by atoms with E-state index in [0.717, 1.165) is 57.1 Å². The molecule has 0 aliphatic rings. The summed E-state index contributed by atoms with van der Waals surface area (Å²) in [6.07, 6.45) is 6.18. The van der Waals surface area contributed by atoms with Crippen LogP contribution in [0.2, 0.25) is 0 Å². The molecule has 1 rings (SSSR count). The van der Waals surface area contributed by atoms with E-state index in [-0.39, 0.29) is 0 Å². The van der Waals surface area contributed by atoms with E-state index in [1.807, 2.05) is 25.3 Å². The zero-order chi connectivity index (χ0) is 16.9. The average molecular weight is 317 g/mol. The van der Waals surface area contributed by atoms with Gasteiger partial charge >= 0.3 is 0 Å². The van der Waals surface area contributed by atoms with E-state index >= 15 is 0 Å². The number of allylic oxidation sites excluding steroid dienone is 1. The Morgan fingerprint density at radius 3 is 2.65 bits per heavy atom. The summed E-state index contributed by atoms with van der Waals surface area (Å²) in [7, 11) is 3.89. The Morgan fingerprint density at radius 2 is 2.00 bits per heavy atom. The number of nitrogens with one attached hydrogen (secondary N) is 1. The van der Waals surface area contributed by atoms with Crippen LogP contribution in [-0.2, 0) is 0 Å². The van der Waals surface area contributed by atoms with Crippen LogP contribution >= 0.6 is 0 Å². The Bertz CT molecular complexity index is 468. The highest BCUT2D eigenvalue weighted by Gasteiger charge is 2.04. The molecule has 0 bridgehead atoms. The molecule has 0 fully saturated rings. The van der Waals surface area contributed by atoms with Gasteiger partial charge in [0.05, 0.1) is 6.61 Å². The minimum atomic E-state index is 0.749. The summed E-state index contributed by atoms with van der Waals surface area (Å²) in [5, 5.41) is 3.40. The van der Waals surface area contributed by atoms with Gasteiger partial charge < -0.3 is 15.0 Å². The van der Waals surface area contributed by atoms with Crippen LogP contribution in [0.5, 0.6) is 5.75 Å². The van der Waals surface area contributed by atoms with E-state index in [2.05, 4.69) is 47.9 Å². The average Bonchev–Trinajstić information content (AvgIpc) is 2.56. The number of hydrogen-bond acceptors (Lipinski definition) is 2. The van der Waals surface area contributed by atoms with Gasteiger partial charge in [0.2, 0.25) is 0 Å². The van der Waals surface area contributed by atoms with Crippen molar-refractivity contribution in [2.24, 2.45) is 4.99 Å². The van der Waals surface area contributed by atoms with E-state index in [0.29, 0.717) is 0 Å². The molecule has 128 valence electrons. The van der Waals surface area contributed by atoms with Crippen LogP contribution < -0.4 is 10.1 Å². The van der Waals surface area contributed by atoms with Crippen LogP contribution in [0.3, 0.4) is 0 Å². The molecule has 23 heavy (non-hydrogen) atoms. The standard InChI is InChI=1S/C19H31N3O/c1-5-6-8-15-22(4)19(20-3)21-14-7-9-16-23-18-12-10-17(2)11-13-18/h5,10-13H,1,6-9,14-16H2,2-4H3,(H,20,21). The van der Waals surface area contributed by atoms with E-state index < -0.39 is 0 Å². The molecule has 0 atom stereocenters. The second-order valence-electron chi connectivity index (χ2n) is 5.70. The molecule has 0 unspecified atom stereocenters. The third kappa shape index (κ3) is 8.29. The van der Waals surface area contributed by atoms with Crippen LogP contribution in [0.15, 0.2) is 41.9 Å². The zero-order valence-corrected chi connectivity index (χ0v) is 14.8. The largest absolute Gasteiger partial charge is 0.494 e. The SMILES string of the molecule is C=CCCCN(C)C(=NC)NCCCCOc1ccc(C)cc1. The first-order valence-corrected chi connectivity index (χ1v) is 8.39. The highest BCUT2D eigenvalue weighted by Crippen LogP contribution is 2.11. The molecule has 0 saturated carbocycles. The van der Waals surface area contributed by atoms with Crippen molar-refractivity contribution in [1.82, 2.24) is 10.2 Å². The van der Waals surface area contributed by atoms with Gasteiger partial charge in [-0.25, -0.2) is 0 Å². The summed E-state index contributed by atoms with van der Waals surface area (Å²) < 4.78 is 5.73. The molecule has 4 heteroatoms. The fourth-order valence-corrected chi connectivity index (χ4v) is 2.22. The normalized spacial score (nSPS) is 11.2. The third-order valence-corrected chi connectivity index (χ3v) is 3.62. The molecule has 4 nitrogen and oxygen atoms in total. The third-order valence-electron chi connectivity index (χ3n) is 3.62. The molecule has 1 aromatic carbocycles. The Hall–Kier alpha value is -1.97. The number of aryl methyl sites for hydroxylation is 1. The minimum Gasteiger partial charge on any atom is -0.494 e. The molecular formula is C19H31N3O. The van der Waals surface area contributed by atoms with Gasteiger partial charge in [-0.05, 0) is 44.7 Å². The number of ether oxygens (including phenoxy) is 1. The van der Waals surface area contributed by atoms with Crippen LogP contribution in [-0.4, -0.2) is 44.7 Å². The molecular weight excluding hydrogens is 286 g/mol. The Morgan fingerprint density at radius 1 is 1.26 bits per heavy atom. The van der Waals surface area contributed by atoms with E-state index in [1.54, 1.807) is 0 Å². The quantitative estimate of drug-likeness (QED) is 0.310. The fourth-order valence-electron chi connectivity index (χ4n) is 2.22. The van der Waals surface area contributed by atoms with E-state index in [4.69, 9.17) is 4.74 Å². The van der Waals surface area contributed by atoms with Crippen molar-refractivity contribution in [1.29, 1.82) is 0 Å². The molecule has 0 radical (unpaired) electrons. The smallest absolute Gasteiger partial charge is 0.193 e. The lowest BCUT2D eigenvalue weighted by molar-refractivity contribution is 0.306. The highest BCUT2D eigenvalue weighted by molar-refractivity contribution is 5.79. The number of unbranched alkanes of at least 4 members (excludes halogenated alkanes) is 2. The predicted molar refractivity (Wildman–Crippen MR) is 99.3 cm³/mol. The van der Waals surface area contributed by atoms with Crippen molar-refractivity contribution in [2.45, 2.75) is 32.6 Å². The summed E-state index contributed by atoms with van der Waals surface area (Å²) in [5.41, 5.74) is 1.25. The van der Waals surface area contributed by atoms with Crippen molar-refractivity contribution in [3.05, 3.63) is 42.5 Å². The van der Waals surface area contributed by atoms with E-state index in [1.165, 1.54) is 5.56 Å². The topological polar surface area (TPSA) is 36.9 Å². The van der Waals surface area contributed by atoms with Crippen LogP contribution in [0.1, 0.15) is 31.2 Å². The summed E-state index contributed by atoms with van der Waals surface area (Å²) in [4.78, 5) is 6.47. The van der Waals surface area contributed by atoms with Gasteiger partial charge in [-0.1, -0.05) is 23.8 Å². The lowest BCUT2D eigenvalue weighted by Gasteiger charge is -2.21. The molecule has 1 aromatic rings. The lowest BCUT2D eigenvalue weighted by atomic mass is 10.2. The van der Waals surface area contributed by atoms with Crippen molar-refractivity contribution < 1.29 is 4.74 Å². The van der Waals surface area contributed by atoms with Crippen LogP contribution in [0.4, 0.5) is 0 Å². The predicted octanol–water partition coefficient (Wildman–Crippen LogP) is 3.63. The second kappa shape index (κ2) is 11.6. The molecule has 1 N–H and O–H groups in total. The molecule has 0 aliphatic heterocycles. The first-order chi connectivity index (χ1) is 11.2. The zero-order valence-electron chi connectivity index (χ0n) is 14.8. The minimum absolute atomic E-state index is 0.749. The second-order valence-corrected chi connectivity index (χ2v) is 5.70. The van der Waals surface area contributed by atoms with Crippen LogP contribution in [0, 0.1) is 6.92 Å². The van der Waals surface area contributed by atoms with Crippen molar-refractivity contribution >= 4 is 5.96 Å².